The van der Waals surface area contributed by atoms with Crippen LogP contribution in [0.4, 0.5) is 0 Å². The molecule has 2 nitrogen and oxygen atoms in total. The molecule has 1 aromatic heterocycles. The summed E-state index contributed by atoms with van der Waals surface area (Å²) < 4.78 is 0. The zero-order chi connectivity index (χ0) is 18.8. The third-order valence-electron chi connectivity index (χ3n) is 8.85. The van der Waals surface area contributed by atoms with E-state index in [1.165, 1.54) is 42.4 Å². The fraction of sp³-hybridized carbons (Fsp3) is 0.600. The summed E-state index contributed by atoms with van der Waals surface area (Å²) in [4.78, 5) is 16.5. The second kappa shape index (κ2) is 5.90. The van der Waals surface area contributed by atoms with Crippen LogP contribution in [-0.2, 0) is 4.79 Å². The van der Waals surface area contributed by atoms with Crippen LogP contribution in [0.25, 0.3) is 5.57 Å². The van der Waals surface area contributed by atoms with Crippen molar-refractivity contribution in [3.63, 3.8) is 0 Å². The Kier molecular flexibility index (Phi) is 3.80. The predicted molar refractivity (Wildman–Crippen MR) is 109 cm³/mol. The van der Waals surface area contributed by atoms with Gasteiger partial charge in [-0.25, -0.2) is 0 Å². The smallest absolute Gasteiger partial charge is 0.133 e. The second-order valence-electron chi connectivity index (χ2n) is 10.00. The summed E-state index contributed by atoms with van der Waals surface area (Å²) >= 11 is 0. The van der Waals surface area contributed by atoms with E-state index in [1.54, 1.807) is 5.57 Å². The monoisotopic (exact) mass is 361 g/mol. The summed E-state index contributed by atoms with van der Waals surface area (Å²) in [7, 11) is 0. The number of ketones is 1. The number of carbonyl (C=O) groups is 1. The van der Waals surface area contributed by atoms with Crippen LogP contribution >= 0.6 is 0 Å². The molecular formula is C25H31NO. The third kappa shape index (κ3) is 2.38. The van der Waals surface area contributed by atoms with Gasteiger partial charge in [-0.1, -0.05) is 31.6 Å². The van der Waals surface area contributed by atoms with Crippen molar-refractivity contribution >= 4 is 11.4 Å². The number of allylic oxidation sites excluding steroid dienone is 4. The lowest BCUT2D eigenvalue weighted by atomic mass is 9.46. The molecule has 3 fully saturated rings. The number of carbonyl (C=O) groups excluding carboxylic acids is 1. The van der Waals surface area contributed by atoms with E-state index in [-0.39, 0.29) is 5.41 Å². The van der Waals surface area contributed by atoms with E-state index in [2.05, 4.69) is 50.2 Å². The molecule has 4 aliphatic carbocycles. The maximum absolute atomic E-state index is 12.1. The van der Waals surface area contributed by atoms with Crippen molar-refractivity contribution in [3.05, 3.63) is 47.3 Å². The van der Waals surface area contributed by atoms with Gasteiger partial charge in [0.25, 0.3) is 0 Å². The second-order valence-corrected chi connectivity index (χ2v) is 10.00. The number of aryl methyl sites for hydroxylation is 1. The average molecular weight is 362 g/mol. The number of rotatable bonds is 1. The van der Waals surface area contributed by atoms with Gasteiger partial charge in [-0.05, 0) is 85.0 Å². The molecule has 142 valence electrons. The van der Waals surface area contributed by atoms with Crippen molar-refractivity contribution in [2.75, 3.05) is 0 Å². The zero-order valence-electron chi connectivity index (χ0n) is 16.9. The van der Waals surface area contributed by atoms with Crippen molar-refractivity contribution in [2.45, 2.75) is 65.7 Å². The highest BCUT2D eigenvalue weighted by Gasteiger charge is 2.56. The molecule has 0 aromatic carbocycles. The van der Waals surface area contributed by atoms with Gasteiger partial charge in [-0.3, -0.25) is 9.78 Å². The first-order valence-corrected chi connectivity index (χ1v) is 10.8. The lowest BCUT2D eigenvalue weighted by Gasteiger charge is -2.58. The third-order valence-corrected chi connectivity index (χ3v) is 8.85. The first-order valence-electron chi connectivity index (χ1n) is 10.8. The summed E-state index contributed by atoms with van der Waals surface area (Å²) in [6.45, 7) is 7.19. The number of nitrogens with zero attached hydrogens (tertiary/aromatic N) is 1. The van der Waals surface area contributed by atoms with Gasteiger partial charge in [-0.15, -0.1) is 0 Å². The van der Waals surface area contributed by atoms with E-state index in [0.717, 1.165) is 25.2 Å². The number of hydrogen-bond donors (Lipinski definition) is 0. The lowest BCUT2D eigenvalue weighted by molar-refractivity contribution is -0.130. The molecular weight excluding hydrogens is 330 g/mol. The number of Topliss-reactive ketones (excluding diaryl/α,β-unsaturated/α-hetero) is 1. The molecule has 1 heterocycles. The van der Waals surface area contributed by atoms with Crippen LogP contribution in [-0.4, -0.2) is 10.8 Å². The lowest BCUT2D eigenvalue weighted by Crippen LogP contribution is -2.50. The molecule has 5 rings (SSSR count). The fourth-order valence-corrected chi connectivity index (χ4v) is 7.17. The number of fused-ring (bicyclic) bond motifs is 5. The normalized spacial score (nSPS) is 40.6. The molecule has 0 spiro atoms. The Labute approximate surface area is 163 Å². The standard InChI is InChI=1S/C25H31NO/c1-16-10-13-26-15-20(16)22-7-6-21-19-5-4-17-14-18(27)8-11-24(17,2)23(19)9-12-25(21,22)3/h6-7,10,13,15,17,19,23H,4-5,8-9,11-12,14H2,1-3H3/t17?,19?,23?,24-,25-/m0/s1. The first-order chi connectivity index (χ1) is 12.9. The molecule has 27 heavy (non-hydrogen) atoms. The molecule has 0 N–H and O–H groups in total. The summed E-state index contributed by atoms with van der Waals surface area (Å²) in [6.07, 6.45) is 16.6. The van der Waals surface area contributed by atoms with Crippen LogP contribution in [0, 0.1) is 35.5 Å². The zero-order valence-corrected chi connectivity index (χ0v) is 16.9. The highest BCUT2D eigenvalue weighted by Crippen LogP contribution is 2.65. The van der Waals surface area contributed by atoms with Crippen molar-refractivity contribution < 1.29 is 4.79 Å². The molecule has 0 saturated heterocycles. The van der Waals surface area contributed by atoms with E-state index in [4.69, 9.17) is 0 Å². The van der Waals surface area contributed by atoms with Gasteiger partial charge >= 0.3 is 0 Å². The van der Waals surface area contributed by atoms with Gasteiger partial charge < -0.3 is 0 Å². The number of pyridine rings is 1. The number of hydrogen-bond acceptors (Lipinski definition) is 2. The molecule has 0 aliphatic heterocycles. The van der Waals surface area contributed by atoms with E-state index in [0.29, 0.717) is 23.0 Å². The van der Waals surface area contributed by atoms with Crippen LogP contribution in [0.5, 0.6) is 0 Å². The molecule has 5 atom stereocenters. The minimum Gasteiger partial charge on any atom is -0.300 e. The van der Waals surface area contributed by atoms with Gasteiger partial charge in [0.05, 0.1) is 0 Å². The Balaban J connectivity index is 1.48. The molecule has 1 aromatic rings. The molecule has 3 saturated carbocycles. The molecule has 0 bridgehead atoms. The topological polar surface area (TPSA) is 30.0 Å². The predicted octanol–water partition coefficient (Wildman–Crippen LogP) is 5.92. The van der Waals surface area contributed by atoms with Gasteiger partial charge in [0.15, 0.2) is 0 Å². The number of aromatic nitrogens is 1. The largest absolute Gasteiger partial charge is 0.300 e. The highest BCUT2D eigenvalue weighted by molar-refractivity contribution is 5.80. The van der Waals surface area contributed by atoms with Crippen LogP contribution in [0.1, 0.15) is 69.9 Å². The van der Waals surface area contributed by atoms with Gasteiger partial charge in [0, 0.05) is 30.7 Å². The fourth-order valence-electron chi connectivity index (χ4n) is 7.17. The SMILES string of the molecule is Cc1ccncc1C1=CC=C2C3CCC4CC(=O)CC[C@]4(C)C3CC[C@]12C. The Morgan fingerprint density at radius 2 is 1.96 bits per heavy atom. The highest BCUT2D eigenvalue weighted by atomic mass is 16.1. The van der Waals surface area contributed by atoms with Crippen LogP contribution in [0.2, 0.25) is 0 Å². The van der Waals surface area contributed by atoms with E-state index in [1.807, 2.05) is 6.20 Å². The van der Waals surface area contributed by atoms with Crippen molar-refractivity contribution in [1.82, 2.24) is 4.98 Å². The Bertz CT molecular complexity index is 865. The van der Waals surface area contributed by atoms with Gasteiger partial charge in [-0.2, -0.15) is 0 Å². The Morgan fingerprint density at radius 1 is 1.11 bits per heavy atom. The molecule has 0 radical (unpaired) electrons. The van der Waals surface area contributed by atoms with Crippen molar-refractivity contribution in [1.29, 1.82) is 0 Å². The molecule has 2 heteroatoms. The van der Waals surface area contributed by atoms with E-state index in [9.17, 15) is 4.79 Å². The summed E-state index contributed by atoms with van der Waals surface area (Å²) in [5.74, 6) is 2.59. The summed E-state index contributed by atoms with van der Waals surface area (Å²) in [6, 6.07) is 2.13. The molecule has 3 unspecified atom stereocenters. The maximum atomic E-state index is 12.1. The minimum absolute atomic E-state index is 0.169. The summed E-state index contributed by atoms with van der Waals surface area (Å²) in [5, 5.41) is 0. The van der Waals surface area contributed by atoms with Gasteiger partial charge in [0.2, 0.25) is 0 Å². The summed E-state index contributed by atoms with van der Waals surface area (Å²) in [5.41, 5.74) is 6.35. The van der Waals surface area contributed by atoms with E-state index >= 15 is 0 Å². The maximum Gasteiger partial charge on any atom is 0.133 e. The quantitative estimate of drug-likeness (QED) is 0.622. The van der Waals surface area contributed by atoms with Crippen LogP contribution in [0.3, 0.4) is 0 Å². The first kappa shape index (κ1) is 17.4. The average Bonchev–Trinajstić information content (AvgIpc) is 3.00. The van der Waals surface area contributed by atoms with Crippen LogP contribution < -0.4 is 0 Å². The minimum atomic E-state index is 0.169. The van der Waals surface area contributed by atoms with Crippen molar-refractivity contribution in [3.8, 4) is 0 Å². The van der Waals surface area contributed by atoms with Gasteiger partial charge in [0.1, 0.15) is 5.78 Å². The van der Waals surface area contributed by atoms with Crippen LogP contribution in [0.15, 0.2) is 36.2 Å². The Morgan fingerprint density at radius 3 is 2.78 bits per heavy atom. The Hall–Kier alpha value is -1.70. The van der Waals surface area contributed by atoms with E-state index < -0.39 is 0 Å². The molecule has 0 amide bonds. The van der Waals surface area contributed by atoms with Crippen molar-refractivity contribution in [2.24, 2.45) is 28.6 Å². The molecule has 4 aliphatic rings.